The van der Waals surface area contributed by atoms with Gasteiger partial charge in [0.05, 0.1) is 10.9 Å². The maximum Gasteiger partial charge on any atom is 0.416 e. The van der Waals surface area contributed by atoms with Crippen molar-refractivity contribution in [1.82, 2.24) is 15.0 Å². The zero-order valence-electron chi connectivity index (χ0n) is 16.0. The molecule has 0 unspecified atom stereocenters. The molecular weight excluding hydrogens is 388 g/mol. The molecule has 154 valence electrons. The number of rotatable bonds is 4. The van der Waals surface area contributed by atoms with Crippen molar-refractivity contribution in [3.05, 3.63) is 46.3 Å². The molecule has 0 atom stereocenters. The summed E-state index contributed by atoms with van der Waals surface area (Å²) in [5.41, 5.74) is 12.6. The van der Waals surface area contributed by atoms with Gasteiger partial charge in [-0.2, -0.15) is 23.1 Å². The molecule has 10 heteroatoms. The van der Waals surface area contributed by atoms with Crippen molar-refractivity contribution < 1.29 is 17.6 Å². The van der Waals surface area contributed by atoms with E-state index in [0.29, 0.717) is 17.3 Å². The fourth-order valence-electron chi connectivity index (χ4n) is 3.35. The Morgan fingerprint density at radius 1 is 1.07 bits per heavy atom. The monoisotopic (exact) mass is 408 g/mol. The van der Waals surface area contributed by atoms with Crippen LogP contribution in [0.4, 0.5) is 35.1 Å². The van der Waals surface area contributed by atoms with Gasteiger partial charge >= 0.3 is 6.18 Å². The van der Waals surface area contributed by atoms with Gasteiger partial charge < -0.3 is 16.8 Å². The number of nitrogens with one attached hydrogen (secondary N) is 1. The number of benzene rings is 1. The van der Waals surface area contributed by atoms with Crippen LogP contribution in [0.3, 0.4) is 0 Å². The molecule has 5 N–H and O–H groups in total. The van der Waals surface area contributed by atoms with E-state index < -0.39 is 17.6 Å². The van der Waals surface area contributed by atoms with Crippen molar-refractivity contribution in [2.45, 2.75) is 39.4 Å². The number of aryl methyl sites for hydroxylation is 1. The maximum absolute atomic E-state index is 13.7. The molecule has 0 saturated heterocycles. The van der Waals surface area contributed by atoms with Gasteiger partial charge in [0, 0.05) is 12.1 Å². The van der Waals surface area contributed by atoms with Crippen molar-refractivity contribution >= 4 is 28.6 Å². The molecule has 0 radical (unpaired) electrons. The van der Waals surface area contributed by atoms with E-state index in [1.165, 1.54) is 0 Å². The Kier molecular flexibility index (Phi) is 5.20. The van der Waals surface area contributed by atoms with E-state index in [1.54, 1.807) is 0 Å². The average Bonchev–Trinajstić information content (AvgIpc) is 2.57. The summed E-state index contributed by atoms with van der Waals surface area (Å²) in [4.78, 5) is 12.5. The third-order valence-corrected chi connectivity index (χ3v) is 4.51. The lowest BCUT2D eigenvalue weighted by Crippen LogP contribution is -2.12. The zero-order valence-corrected chi connectivity index (χ0v) is 16.0. The quantitative estimate of drug-likeness (QED) is 0.553. The molecule has 3 rings (SSSR count). The fraction of sp³-hybridized carbons (Fsp3) is 0.316. The third kappa shape index (κ3) is 4.15. The number of hydrogen-bond acceptors (Lipinski definition) is 6. The van der Waals surface area contributed by atoms with E-state index in [0.717, 1.165) is 23.3 Å². The Balaban J connectivity index is 2.04. The van der Waals surface area contributed by atoms with Crippen molar-refractivity contribution in [2.75, 3.05) is 16.8 Å². The first-order valence-corrected chi connectivity index (χ1v) is 8.81. The van der Waals surface area contributed by atoms with E-state index in [-0.39, 0.29) is 35.4 Å². The number of fused-ring (bicyclic) bond motifs is 1. The molecule has 6 nitrogen and oxygen atoms in total. The summed E-state index contributed by atoms with van der Waals surface area (Å²) >= 11 is 0. The summed E-state index contributed by atoms with van der Waals surface area (Å²) in [6, 6.07) is 2.41. The maximum atomic E-state index is 13.7. The van der Waals surface area contributed by atoms with Crippen molar-refractivity contribution in [3.63, 3.8) is 0 Å². The van der Waals surface area contributed by atoms with Gasteiger partial charge in [0.15, 0.2) is 5.65 Å². The van der Waals surface area contributed by atoms with Gasteiger partial charge in [-0.15, -0.1) is 0 Å². The number of alkyl halides is 3. The van der Waals surface area contributed by atoms with Crippen molar-refractivity contribution in [1.29, 1.82) is 0 Å². The Morgan fingerprint density at radius 3 is 2.38 bits per heavy atom. The number of nitrogens with two attached hydrogens (primary N) is 2. The minimum Gasteiger partial charge on any atom is -0.383 e. The summed E-state index contributed by atoms with van der Waals surface area (Å²) in [6.45, 7) is 5.66. The third-order valence-electron chi connectivity index (χ3n) is 4.51. The molecule has 0 aliphatic heterocycles. The lowest BCUT2D eigenvalue weighted by molar-refractivity contribution is -0.137. The van der Waals surface area contributed by atoms with Gasteiger partial charge in [0.25, 0.3) is 0 Å². The fourth-order valence-corrected chi connectivity index (χ4v) is 3.35. The van der Waals surface area contributed by atoms with Crippen LogP contribution in [0.2, 0.25) is 0 Å². The Morgan fingerprint density at radius 2 is 1.76 bits per heavy atom. The molecule has 0 saturated carbocycles. The number of nitrogens with zero attached hydrogens (tertiary/aromatic N) is 3. The van der Waals surface area contributed by atoms with Crippen LogP contribution in [0.25, 0.3) is 11.0 Å². The van der Waals surface area contributed by atoms with Crippen LogP contribution in [-0.4, -0.2) is 15.0 Å². The van der Waals surface area contributed by atoms with E-state index >= 15 is 0 Å². The summed E-state index contributed by atoms with van der Waals surface area (Å²) < 4.78 is 52.5. The molecule has 0 bridgehead atoms. The van der Waals surface area contributed by atoms with E-state index in [9.17, 15) is 17.6 Å². The normalized spacial score (nSPS) is 12.0. The average molecular weight is 408 g/mol. The highest BCUT2D eigenvalue weighted by molar-refractivity contribution is 5.92. The molecule has 29 heavy (non-hydrogen) atoms. The van der Waals surface area contributed by atoms with Crippen molar-refractivity contribution in [2.24, 2.45) is 0 Å². The topological polar surface area (TPSA) is 103 Å². The van der Waals surface area contributed by atoms with Crippen LogP contribution in [0.1, 0.15) is 42.0 Å². The first-order valence-electron chi connectivity index (χ1n) is 8.81. The first-order chi connectivity index (χ1) is 13.5. The molecule has 3 aromatic rings. The molecular formula is C19H20F4N6. The molecule has 0 spiro atoms. The molecule has 2 heterocycles. The van der Waals surface area contributed by atoms with Crippen LogP contribution in [0.5, 0.6) is 0 Å². The molecule has 2 aromatic heterocycles. The van der Waals surface area contributed by atoms with Crippen molar-refractivity contribution in [3.8, 4) is 0 Å². The zero-order chi connectivity index (χ0) is 21.5. The molecule has 0 amide bonds. The van der Waals surface area contributed by atoms with E-state index in [1.807, 2.05) is 20.8 Å². The highest BCUT2D eigenvalue weighted by atomic mass is 19.4. The smallest absolute Gasteiger partial charge is 0.383 e. The molecule has 1 aromatic carbocycles. The first kappa shape index (κ1) is 20.6. The molecule has 0 aliphatic carbocycles. The Bertz CT molecular complexity index is 1080. The van der Waals surface area contributed by atoms with Crippen LogP contribution >= 0.6 is 0 Å². The Hall–Kier alpha value is -3.17. The number of aromatic nitrogens is 3. The summed E-state index contributed by atoms with van der Waals surface area (Å²) in [7, 11) is 0. The SMILES string of the molecule is Cc1c(C(C)C)c(NCc2cc(F)cc(C(F)(F)F)c2)nc2nc(N)nc(N)c12. The number of nitrogen functional groups attached to an aromatic ring is 2. The number of anilines is 3. The minimum atomic E-state index is -4.64. The number of halogens is 4. The predicted octanol–water partition coefficient (Wildman–Crippen LogP) is 4.39. The van der Waals surface area contributed by atoms with Crippen LogP contribution in [0.15, 0.2) is 18.2 Å². The van der Waals surface area contributed by atoms with Gasteiger partial charge in [-0.3, -0.25) is 0 Å². The van der Waals surface area contributed by atoms with E-state index in [2.05, 4.69) is 20.3 Å². The Labute approximate surface area is 164 Å². The summed E-state index contributed by atoms with van der Waals surface area (Å²) in [5.74, 6) is -0.363. The standard InChI is InChI=1S/C19H20F4N6/c1-8(2)13-9(3)14-15(24)27-18(25)29-17(14)28-16(13)26-7-10-4-11(19(21,22)23)6-12(20)5-10/h4-6,8H,7H2,1-3H3,(H5,24,25,26,27,28,29). The second-order valence-electron chi connectivity index (χ2n) is 7.02. The molecule has 0 aliphatic rings. The van der Waals surface area contributed by atoms with Gasteiger partial charge in [-0.05, 0) is 42.2 Å². The summed E-state index contributed by atoms with van der Waals surface area (Å²) in [5, 5.41) is 3.57. The van der Waals surface area contributed by atoms with Gasteiger partial charge in [0.1, 0.15) is 17.5 Å². The van der Waals surface area contributed by atoms with Gasteiger partial charge in [-0.25, -0.2) is 9.37 Å². The van der Waals surface area contributed by atoms with E-state index in [4.69, 9.17) is 11.5 Å². The second kappa shape index (κ2) is 7.34. The number of hydrogen-bond donors (Lipinski definition) is 3. The highest BCUT2D eigenvalue weighted by Gasteiger charge is 2.31. The second-order valence-corrected chi connectivity index (χ2v) is 7.02. The largest absolute Gasteiger partial charge is 0.416 e. The van der Waals surface area contributed by atoms with Crippen LogP contribution in [-0.2, 0) is 12.7 Å². The van der Waals surface area contributed by atoms with Crippen LogP contribution in [0, 0.1) is 12.7 Å². The predicted molar refractivity (Wildman–Crippen MR) is 104 cm³/mol. The molecule has 0 fully saturated rings. The summed E-state index contributed by atoms with van der Waals surface area (Å²) in [6.07, 6.45) is -4.64. The van der Waals surface area contributed by atoms with Crippen LogP contribution < -0.4 is 16.8 Å². The van der Waals surface area contributed by atoms with Gasteiger partial charge in [-0.1, -0.05) is 13.8 Å². The van der Waals surface area contributed by atoms with Gasteiger partial charge in [0.2, 0.25) is 5.95 Å². The lowest BCUT2D eigenvalue weighted by atomic mass is 9.96. The highest BCUT2D eigenvalue weighted by Crippen LogP contribution is 2.34. The number of pyridine rings is 1. The lowest BCUT2D eigenvalue weighted by Gasteiger charge is -2.19. The minimum absolute atomic E-state index is 0.0181.